The molecule has 1 aromatic carbocycles. The standard InChI is InChI=1S/C24H33FN2O4/c25-17-5-6-22-21(13-17)24(16-30-22)8-10-27(11-9-24)19-4-2-1-3-18(14-19)26-23(28)31-20-7-12-29-15-20/h5-6,13,18-20H,1-4,7-12,14-16H2,(H,26,28)/t18?,19?,20-/m1/s1. The summed E-state index contributed by atoms with van der Waals surface area (Å²) in [6.45, 7) is 3.81. The first-order valence-corrected chi connectivity index (χ1v) is 11.8. The van der Waals surface area contributed by atoms with Gasteiger partial charge in [0.1, 0.15) is 17.7 Å². The van der Waals surface area contributed by atoms with E-state index in [-0.39, 0.29) is 29.5 Å². The zero-order chi connectivity index (χ0) is 21.3. The second-order valence-electron chi connectivity index (χ2n) is 9.65. The molecular formula is C24H33FN2O4. The molecule has 2 saturated heterocycles. The lowest BCUT2D eigenvalue weighted by molar-refractivity contribution is 0.0745. The molecule has 1 spiro atoms. The molecule has 3 aliphatic heterocycles. The van der Waals surface area contributed by atoms with E-state index in [4.69, 9.17) is 14.2 Å². The first-order valence-electron chi connectivity index (χ1n) is 11.8. The minimum atomic E-state index is -0.305. The van der Waals surface area contributed by atoms with Crippen molar-refractivity contribution >= 4 is 6.09 Å². The molecule has 1 aromatic rings. The molecule has 6 nitrogen and oxygen atoms in total. The Bertz CT molecular complexity index is 790. The average Bonchev–Trinajstić information content (AvgIpc) is 3.32. The van der Waals surface area contributed by atoms with Gasteiger partial charge >= 0.3 is 6.09 Å². The third kappa shape index (κ3) is 4.53. The normalized spacial score (nSPS) is 30.4. The molecule has 4 aliphatic rings. The van der Waals surface area contributed by atoms with Gasteiger partial charge in [0, 0.05) is 29.5 Å². The number of fused-ring (bicyclic) bond motifs is 2. The number of amides is 1. The van der Waals surface area contributed by atoms with Gasteiger partial charge in [-0.1, -0.05) is 12.8 Å². The second-order valence-corrected chi connectivity index (χ2v) is 9.65. The van der Waals surface area contributed by atoms with Crippen molar-refractivity contribution in [3.05, 3.63) is 29.6 Å². The van der Waals surface area contributed by atoms with Crippen molar-refractivity contribution in [3.8, 4) is 5.75 Å². The molecule has 3 fully saturated rings. The Morgan fingerprint density at radius 3 is 2.84 bits per heavy atom. The fraction of sp³-hybridized carbons (Fsp3) is 0.708. The third-order valence-electron chi connectivity index (χ3n) is 7.67. The minimum Gasteiger partial charge on any atom is -0.492 e. The van der Waals surface area contributed by atoms with Gasteiger partial charge in [0.2, 0.25) is 0 Å². The lowest BCUT2D eigenvalue weighted by Crippen LogP contribution is -2.49. The fourth-order valence-corrected chi connectivity index (χ4v) is 5.82. The molecule has 0 bridgehead atoms. The summed E-state index contributed by atoms with van der Waals surface area (Å²) < 4.78 is 30.6. The number of alkyl carbamates (subject to hydrolysis) is 1. The molecule has 1 N–H and O–H groups in total. The number of nitrogens with one attached hydrogen (secondary N) is 1. The van der Waals surface area contributed by atoms with Crippen molar-refractivity contribution in [3.63, 3.8) is 0 Å². The van der Waals surface area contributed by atoms with E-state index in [1.165, 1.54) is 18.9 Å². The lowest BCUT2D eigenvalue weighted by atomic mass is 9.74. The molecular weight excluding hydrogens is 399 g/mol. The predicted molar refractivity (Wildman–Crippen MR) is 114 cm³/mol. The monoisotopic (exact) mass is 432 g/mol. The van der Waals surface area contributed by atoms with Gasteiger partial charge in [0.25, 0.3) is 0 Å². The van der Waals surface area contributed by atoms with E-state index in [9.17, 15) is 9.18 Å². The van der Waals surface area contributed by atoms with Crippen LogP contribution in [0.1, 0.15) is 56.9 Å². The summed E-state index contributed by atoms with van der Waals surface area (Å²) in [5.74, 6) is 0.666. The summed E-state index contributed by atoms with van der Waals surface area (Å²) in [6, 6.07) is 5.54. The Morgan fingerprint density at radius 2 is 2.03 bits per heavy atom. The molecule has 0 aromatic heterocycles. The number of benzene rings is 1. The van der Waals surface area contributed by atoms with Crippen molar-refractivity contribution < 1.29 is 23.4 Å². The molecule has 5 rings (SSSR count). The first kappa shape index (κ1) is 21.0. The van der Waals surface area contributed by atoms with Crippen molar-refractivity contribution in [2.24, 2.45) is 0 Å². The van der Waals surface area contributed by atoms with Crippen molar-refractivity contribution in [2.75, 3.05) is 32.9 Å². The van der Waals surface area contributed by atoms with E-state index >= 15 is 0 Å². The quantitative estimate of drug-likeness (QED) is 0.737. The summed E-state index contributed by atoms with van der Waals surface area (Å²) in [7, 11) is 0. The average molecular weight is 433 g/mol. The number of hydrogen-bond acceptors (Lipinski definition) is 5. The van der Waals surface area contributed by atoms with Gasteiger partial charge in [-0.3, -0.25) is 0 Å². The van der Waals surface area contributed by atoms with Gasteiger partial charge in [-0.25, -0.2) is 9.18 Å². The topological polar surface area (TPSA) is 60.0 Å². The third-order valence-corrected chi connectivity index (χ3v) is 7.67. The number of halogens is 1. The van der Waals surface area contributed by atoms with Crippen LogP contribution in [-0.4, -0.2) is 62.1 Å². The smallest absolute Gasteiger partial charge is 0.407 e. The maximum absolute atomic E-state index is 13.9. The van der Waals surface area contributed by atoms with Crippen molar-refractivity contribution in [2.45, 2.75) is 75.0 Å². The van der Waals surface area contributed by atoms with Crippen LogP contribution in [0.2, 0.25) is 0 Å². The van der Waals surface area contributed by atoms with Gasteiger partial charge in [-0.2, -0.15) is 0 Å². The predicted octanol–water partition coefficient (Wildman–Crippen LogP) is 3.77. The molecule has 0 radical (unpaired) electrons. The summed E-state index contributed by atoms with van der Waals surface area (Å²) in [5, 5.41) is 3.12. The number of piperidine rings is 1. The molecule has 3 heterocycles. The van der Waals surface area contributed by atoms with Crippen LogP contribution in [0.3, 0.4) is 0 Å². The maximum Gasteiger partial charge on any atom is 0.407 e. The maximum atomic E-state index is 13.9. The van der Waals surface area contributed by atoms with Crippen molar-refractivity contribution in [1.82, 2.24) is 10.2 Å². The van der Waals surface area contributed by atoms with E-state index < -0.39 is 0 Å². The van der Waals surface area contributed by atoms with E-state index in [0.717, 1.165) is 62.9 Å². The fourth-order valence-electron chi connectivity index (χ4n) is 5.82. The summed E-state index contributed by atoms with van der Waals surface area (Å²) >= 11 is 0. The highest BCUT2D eigenvalue weighted by Crippen LogP contribution is 2.46. The van der Waals surface area contributed by atoms with Gasteiger partial charge in [0.05, 0.1) is 19.8 Å². The Labute approximate surface area is 183 Å². The largest absolute Gasteiger partial charge is 0.492 e. The minimum absolute atomic E-state index is 0.0521. The number of rotatable bonds is 3. The van der Waals surface area contributed by atoms with Crippen LogP contribution in [0.15, 0.2) is 18.2 Å². The highest BCUT2D eigenvalue weighted by atomic mass is 19.1. The van der Waals surface area contributed by atoms with Crippen LogP contribution in [0.25, 0.3) is 0 Å². The Morgan fingerprint density at radius 1 is 1.19 bits per heavy atom. The zero-order valence-electron chi connectivity index (χ0n) is 18.1. The number of likely N-dealkylation sites (tertiary alicyclic amines) is 1. The summed E-state index contributed by atoms with van der Waals surface area (Å²) in [6.07, 6.45) is 7.80. The van der Waals surface area contributed by atoms with Gasteiger partial charge in [0.15, 0.2) is 0 Å². The zero-order valence-corrected chi connectivity index (χ0v) is 18.1. The number of ether oxygens (including phenoxy) is 3. The molecule has 170 valence electrons. The Hall–Kier alpha value is -1.86. The number of carbonyl (C=O) groups is 1. The lowest BCUT2D eigenvalue weighted by Gasteiger charge is -2.42. The van der Waals surface area contributed by atoms with Crippen LogP contribution in [0.5, 0.6) is 5.75 Å². The number of hydrogen-bond donors (Lipinski definition) is 1. The van der Waals surface area contributed by atoms with Crippen molar-refractivity contribution in [1.29, 1.82) is 0 Å². The van der Waals surface area contributed by atoms with Crippen LogP contribution in [-0.2, 0) is 14.9 Å². The van der Waals surface area contributed by atoms with Gasteiger partial charge in [-0.15, -0.1) is 0 Å². The Balaban J connectivity index is 1.17. The molecule has 3 atom stereocenters. The number of carbonyl (C=O) groups excluding carboxylic acids is 1. The van der Waals surface area contributed by atoms with Crippen LogP contribution in [0, 0.1) is 5.82 Å². The van der Waals surface area contributed by atoms with Gasteiger partial charge < -0.3 is 24.4 Å². The van der Waals surface area contributed by atoms with Gasteiger partial charge in [-0.05, 0) is 63.4 Å². The van der Waals surface area contributed by atoms with E-state index in [1.54, 1.807) is 12.1 Å². The number of nitrogens with zero attached hydrogens (tertiary/aromatic N) is 1. The second kappa shape index (κ2) is 8.94. The van der Waals surface area contributed by atoms with E-state index in [2.05, 4.69) is 10.2 Å². The van der Waals surface area contributed by atoms with E-state index in [0.29, 0.717) is 25.9 Å². The van der Waals surface area contributed by atoms with Crippen LogP contribution < -0.4 is 10.1 Å². The molecule has 2 unspecified atom stereocenters. The first-order chi connectivity index (χ1) is 15.1. The highest BCUT2D eigenvalue weighted by Gasteiger charge is 2.44. The molecule has 7 heteroatoms. The van der Waals surface area contributed by atoms with E-state index in [1.807, 2.05) is 0 Å². The van der Waals surface area contributed by atoms with Crippen LogP contribution >= 0.6 is 0 Å². The molecule has 1 saturated carbocycles. The SMILES string of the molecule is O=C(NC1CCCCC(N2CCC3(CC2)COc2ccc(F)cc23)C1)O[C@@H]1CCOC1. The van der Waals surface area contributed by atoms with Crippen LogP contribution in [0.4, 0.5) is 9.18 Å². The summed E-state index contributed by atoms with van der Waals surface area (Å²) in [4.78, 5) is 14.9. The molecule has 1 amide bonds. The molecule has 1 aliphatic carbocycles. The highest BCUT2D eigenvalue weighted by molar-refractivity contribution is 5.67. The Kier molecular flexibility index (Phi) is 6.06. The molecule has 31 heavy (non-hydrogen) atoms. The summed E-state index contributed by atoms with van der Waals surface area (Å²) in [5.41, 5.74) is 0.995.